The molecule has 1 atom stereocenters. The van der Waals surface area contributed by atoms with Crippen molar-refractivity contribution in [1.82, 2.24) is 4.98 Å². The molecular formula is C15H18BrN3. The molecule has 0 fully saturated rings. The average Bonchev–Trinajstić information content (AvgIpc) is 2.39. The summed E-state index contributed by atoms with van der Waals surface area (Å²) in [5.41, 5.74) is 3.45. The van der Waals surface area contributed by atoms with Gasteiger partial charge in [0.2, 0.25) is 0 Å². The van der Waals surface area contributed by atoms with Gasteiger partial charge in [-0.2, -0.15) is 0 Å². The standard InChI is InChI=1S/C15H18BrN3/c1-11(12-5-4-8-17-10-12)18-14-9-13(16)6-7-15(14)19(2)3/h4-11,18H,1-3H3. The molecule has 19 heavy (non-hydrogen) atoms. The number of halogens is 1. The van der Waals surface area contributed by atoms with Crippen molar-refractivity contribution in [3.05, 3.63) is 52.8 Å². The molecular weight excluding hydrogens is 302 g/mol. The van der Waals surface area contributed by atoms with Crippen LogP contribution in [0.25, 0.3) is 0 Å². The van der Waals surface area contributed by atoms with E-state index in [1.165, 1.54) is 11.3 Å². The van der Waals surface area contributed by atoms with E-state index in [0.29, 0.717) is 0 Å². The van der Waals surface area contributed by atoms with E-state index in [2.05, 4.69) is 62.3 Å². The van der Waals surface area contributed by atoms with E-state index in [1.54, 1.807) is 6.20 Å². The molecule has 3 nitrogen and oxygen atoms in total. The summed E-state index contributed by atoms with van der Waals surface area (Å²) in [6.07, 6.45) is 3.69. The number of benzene rings is 1. The van der Waals surface area contributed by atoms with Crippen LogP contribution in [0.4, 0.5) is 11.4 Å². The minimum atomic E-state index is 0.210. The minimum absolute atomic E-state index is 0.210. The lowest BCUT2D eigenvalue weighted by molar-refractivity contribution is 0.874. The number of aromatic nitrogens is 1. The van der Waals surface area contributed by atoms with E-state index in [9.17, 15) is 0 Å². The zero-order valence-electron chi connectivity index (χ0n) is 11.4. The van der Waals surface area contributed by atoms with Crippen LogP contribution in [0.2, 0.25) is 0 Å². The molecule has 0 amide bonds. The Kier molecular flexibility index (Phi) is 4.43. The van der Waals surface area contributed by atoms with Gasteiger partial charge in [0.15, 0.2) is 0 Å². The van der Waals surface area contributed by atoms with Crippen molar-refractivity contribution in [3.63, 3.8) is 0 Å². The quantitative estimate of drug-likeness (QED) is 0.920. The number of nitrogens with one attached hydrogen (secondary N) is 1. The Morgan fingerprint density at radius 1 is 1.26 bits per heavy atom. The Morgan fingerprint density at radius 3 is 2.68 bits per heavy atom. The van der Waals surface area contributed by atoms with Gasteiger partial charge in [-0.3, -0.25) is 4.98 Å². The Balaban J connectivity index is 2.25. The van der Waals surface area contributed by atoms with Gasteiger partial charge in [0.1, 0.15) is 0 Å². The highest BCUT2D eigenvalue weighted by Gasteiger charge is 2.10. The van der Waals surface area contributed by atoms with Crippen LogP contribution in [0.1, 0.15) is 18.5 Å². The molecule has 1 aromatic carbocycles. The summed E-state index contributed by atoms with van der Waals surface area (Å²) in [6, 6.07) is 10.5. The highest BCUT2D eigenvalue weighted by molar-refractivity contribution is 9.10. The fraction of sp³-hybridized carbons (Fsp3) is 0.267. The molecule has 1 aromatic heterocycles. The van der Waals surface area contributed by atoms with Crippen molar-refractivity contribution < 1.29 is 0 Å². The molecule has 0 aliphatic rings. The molecule has 0 saturated heterocycles. The molecule has 2 rings (SSSR count). The summed E-state index contributed by atoms with van der Waals surface area (Å²) in [6.45, 7) is 2.14. The maximum absolute atomic E-state index is 4.16. The molecule has 1 N–H and O–H groups in total. The van der Waals surface area contributed by atoms with Crippen LogP contribution in [-0.2, 0) is 0 Å². The Hall–Kier alpha value is -1.55. The van der Waals surface area contributed by atoms with Gasteiger partial charge < -0.3 is 10.2 Å². The minimum Gasteiger partial charge on any atom is -0.377 e. The van der Waals surface area contributed by atoms with Gasteiger partial charge in [-0.1, -0.05) is 22.0 Å². The third kappa shape index (κ3) is 3.47. The predicted octanol–water partition coefficient (Wildman–Crippen LogP) is 4.08. The summed E-state index contributed by atoms with van der Waals surface area (Å²) in [4.78, 5) is 6.26. The van der Waals surface area contributed by atoms with Gasteiger partial charge in [-0.05, 0) is 36.8 Å². The lowest BCUT2D eigenvalue weighted by atomic mass is 10.1. The first-order valence-electron chi connectivity index (χ1n) is 6.21. The Morgan fingerprint density at radius 2 is 2.05 bits per heavy atom. The largest absolute Gasteiger partial charge is 0.377 e. The second-order valence-electron chi connectivity index (χ2n) is 4.71. The highest BCUT2D eigenvalue weighted by atomic mass is 79.9. The van der Waals surface area contributed by atoms with Crippen LogP contribution < -0.4 is 10.2 Å². The second-order valence-corrected chi connectivity index (χ2v) is 5.62. The van der Waals surface area contributed by atoms with Crippen LogP contribution in [0, 0.1) is 0 Å². The van der Waals surface area contributed by atoms with Crippen molar-refractivity contribution in [2.45, 2.75) is 13.0 Å². The number of hydrogen-bond acceptors (Lipinski definition) is 3. The molecule has 1 heterocycles. The molecule has 0 radical (unpaired) electrons. The lowest BCUT2D eigenvalue weighted by Crippen LogP contribution is -2.14. The normalized spacial score (nSPS) is 12.0. The second kappa shape index (κ2) is 6.06. The number of nitrogens with zero attached hydrogens (tertiary/aromatic N) is 2. The number of rotatable bonds is 4. The van der Waals surface area contributed by atoms with E-state index in [0.717, 1.165) is 10.2 Å². The van der Waals surface area contributed by atoms with Crippen molar-refractivity contribution >= 4 is 27.3 Å². The van der Waals surface area contributed by atoms with Gasteiger partial charge in [0.25, 0.3) is 0 Å². The number of hydrogen-bond donors (Lipinski definition) is 1. The first kappa shape index (κ1) is 13.9. The topological polar surface area (TPSA) is 28.2 Å². The van der Waals surface area contributed by atoms with Gasteiger partial charge >= 0.3 is 0 Å². The molecule has 1 unspecified atom stereocenters. The van der Waals surface area contributed by atoms with Crippen molar-refractivity contribution in [2.24, 2.45) is 0 Å². The van der Waals surface area contributed by atoms with Crippen molar-refractivity contribution in [2.75, 3.05) is 24.3 Å². The van der Waals surface area contributed by atoms with Crippen molar-refractivity contribution in [3.8, 4) is 0 Å². The molecule has 0 aliphatic heterocycles. The molecule has 0 spiro atoms. The van der Waals surface area contributed by atoms with E-state index >= 15 is 0 Å². The Bertz CT molecular complexity index is 540. The summed E-state index contributed by atoms with van der Waals surface area (Å²) < 4.78 is 1.07. The Labute approximate surface area is 122 Å². The SMILES string of the molecule is CC(Nc1cc(Br)ccc1N(C)C)c1cccnc1. The van der Waals surface area contributed by atoms with E-state index in [1.807, 2.05) is 26.4 Å². The molecule has 0 saturated carbocycles. The smallest absolute Gasteiger partial charge is 0.0597 e. The fourth-order valence-corrected chi connectivity index (χ4v) is 2.32. The zero-order valence-corrected chi connectivity index (χ0v) is 13.0. The predicted molar refractivity (Wildman–Crippen MR) is 84.7 cm³/mol. The zero-order chi connectivity index (χ0) is 13.8. The van der Waals surface area contributed by atoms with Gasteiger partial charge in [0.05, 0.1) is 17.4 Å². The lowest BCUT2D eigenvalue weighted by Gasteiger charge is -2.22. The maximum Gasteiger partial charge on any atom is 0.0597 e. The summed E-state index contributed by atoms with van der Waals surface area (Å²) in [5, 5.41) is 3.54. The summed E-state index contributed by atoms with van der Waals surface area (Å²) in [5.74, 6) is 0. The maximum atomic E-state index is 4.16. The average molecular weight is 320 g/mol. The third-order valence-corrected chi connectivity index (χ3v) is 3.49. The highest BCUT2D eigenvalue weighted by Crippen LogP contribution is 2.30. The van der Waals surface area contributed by atoms with Crippen LogP contribution in [0.15, 0.2) is 47.2 Å². The van der Waals surface area contributed by atoms with Gasteiger partial charge in [0, 0.05) is 31.0 Å². The third-order valence-electron chi connectivity index (χ3n) is 3.00. The molecule has 4 heteroatoms. The monoisotopic (exact) mass is 319 g/mol. The number of anilines is 2. The molecule has 0 bridgehead atoms. The van der Waals surface area contributed by atoms with E-state index in [4.69, 9.17) is 0 Å². The van der Waals surface area contributed by atoms with Crippen LogP contribution in [0.3, 0.4) is 0 Å². The van der Waals surface area contributed by atoms with Crippen LogP contribution >= 0.6 is 15.9 Å². The summed E-state index contributed by atoms with van der Waals surface area (Å²) >= 11 is 3.52. The van der Waals surface area contributed by atoms with Gasteiger partial charge in [-0.15, -0.1) is 0 Å². The first-order chi connectivity index (χ1) is 9.08. The molecule has 100 valence electrons. The molecule has 2 aromatic rings. The van der Waals surface area contributed by atoms with Crippen molar-refractivity contribution in [1.29, 1.82) is 0 Å². The van der Waals surface area contributed by atoms with Gasteiger partial charge in [-0.25, -0.2) is 0 Å². The fourth-order valence-electron chi connectivity index (χ4n) is 1.96. The van der Waals surface area contributed by atoms with Crippen LogP contribution in [-0.4, -0.2) is 19.1 Å². The molecule has 0 aliphatic carbocycles. The van der Waals surface area contributed by atoms with E-state index < -0.39 is 0 Å². The van der Waals surface area contributed by atoms with E-state index in [-0.39, 0.29) is 6.04 Å². The number of pyridine rings is 1. The van der Waals surface area contributed by atoms with Crippen LogP contribution in [0.5, 0.6) is 0 Å². The summed E-state index contributed by atoms with van der Waals surface area (Å²) in [7, 11) is 4.09. The first-order valence-corrected chi connectivity index (χ1v) is 7.00.